The third-order valence-electron chi connectivity index (χ3n) is 17.3. The number of oxime groups is 4. The first-order valence-electron chi connectivity index (χ1n) is 32.2. The fourth-order valence-corrected chi connectivity index (χ4v) is 12.3. The normalized spacial score (nSPS) is 23.6. The number of likely N-dealkylation sites (tertiary alicyclic amines) is 5. The van der Waals surface area contributed by atoms with Crippen LogP contribution in [0.3, 0.4) is 0 Å². The second-order valence-corrected chi connectivity index (χ2v) is 23.8. The molecule has 26 nitrogen and oxygen atoms in total. The molecule has 4 aromatic rings. The summed E-state index contributed by atoms with van der Waals surface area (Å²) in [5.41, 5.74) is 9.29. The number of pyridine rings is 4. The van der Waals surface area contributed by atoms with Crippen LogP contribution in [0.5, 0.6) is 0 Å². The molecule has 0 saturated carbocycles. The number of amides is 7. The van der Waals surface area contributed by atoms with Crippen molar-refractivity contribution >= 4 is 47.0 Å². The summed E-state index contributed by atoms with van der Waals surface area (Å²) in [6.07, 6.45) is 4.78. The maximum atomic E-state index is 12.7. The number of hydroxylamine groups is 2. The lowest BCUT2D eigenvalue weighted by molar-refractivity contribution is -0.0936. The minimum atomic E-state index is -0.408. The highest BCUT2D eigenvalue weighted by Gasteiger charge is 2.50. The molecule has 494 valence electrons. The van der Waals surface area contributed by atoms with Crippen LogP contribution >= 0.6 is 0 Å². The molecule has 0 aliphatic carbocycles. The molecule has 10 aliphatic heterocycles. The minimum absolute atomic E-state index is 0.000519. The molecule has 26 heteroatoms. The molecular formula is C69H77N15O11. The van der Waals surface area contributed by atoms with E-state index in [9.17, 15) is 19.2 Å². The highest BCUT2D eigenvalue weighted by atomic mass is 16.7. The highest BCUT2D eigenvalue weighted by Crippen LogP contribution is 2.36. The zero-order valence-electron chi connectivity index (χ0n) is 54.5. The molecule has 0 bridgehead atoms. The van der Waals surface area contributed by atoms with Crippen LogP contribution in [0.25, 0.3) is 0 Å². The molecule has 10 aliphatic rings. The second kappa shape index (κ2) is 31.1. The van der Waals surface area contributed by atoms with Crippen LogP contribution < -0.4 is 0 Å². The Bertz CT molecular complexity index is 3770. The molecule has 95 heavy (non-hydrogen) atoms. The number of piperidine rings is 1. The van der Waals surface area contributed by atoms with Gasteiger partial charge >= 0.3 is 24.2 Å². The number of aryl methyl sites for hydroxylation is 4. The Morgan fingerprint density at radius 2 is 0.800 bits per heavy atom. The predicted octanol–water partition coefficient (Wildman–Crippen LogP) is 6.93. The van der Waals surface area contributed by atoms with Crippen molar-refractivity contribution in [1.82, 2.24) is 54.4 Å². The van der Waals surface area contributed by atoms with Gasteiger partial charge in [-0.3, -0.25) is 24.4 Å². The zero-order chi connectivity index (χ0) is 66.4. The number of morpholine rings is 1. The van der Waals surface area contributed by atoms with E-state index in [0.29, 0.717) is 93.3 Å². The van der Waals surface area contributed by atoms with E-state index in [1.807, 2.05) is 115 Å². The van der Waals surface area contributed by atoms with Gasteiger partial charge in [-0.05, 0) is 175 Å². The first kappa shape index (κ1) is 66.2. The van der Waals surface area contributed by atoms with Crippen molar-refractivity contribution in [1.29, 1.82) is 0 Å². The lowest BCUT2D eigenvalue weighted by atomic mass is 10.0. The molecule has 0 spiro atoms. The Morgan fingerprint density at radius 1 is 0.463 bits per heavy atom. The molecule has 14 heterocycles. The van der Waals surface area contributed by atoms with E-state index in [1.165, 1.54) is 18.6 Å². The number of nitrogens with zero attached hydrogens (tertiary/aromatic N) is 15. The number of ether oxygens (including phenoxy) is 2. The van der Waals surface area contributed by atoms with E-state index in [4.69, 9.17) is 33.7 Å². The van der Waals surface area contributed by atoms with Crippen molar-refractivity contribution in [3.8, 4) is 47.4 Å². The number of urea groups is 3. The average molecular weight is 1290 g/mol. The van der Waals surface area contributed by atoms with Gasteiger partial charge in [0.15, 0.2) is 0 Å². The molecule has 8 unspecified atom stereocenters. The summed E-state index contributed by atoms with van der Waals surface area (Å²) >= 11 is 0. The SMILES string of the molecule is CCOC(=O)N1CCC2C(C#Cc3cccc(C)n3)=NOC21.CON(C)C(=O)N1CCC2C(C#Cc3cccc(C)n3)=NOC21.Cc1cccc(C#CC2=NOC3C2CCN3C(=O)N2CCCCC2)n1.Cc1cccc(C#CC2=NOC3C2CCN3C(=O)N2CCOCC2)n1. The lowest BCUT2D eigenvalue weighted by Gasteiger charge is -2.32. The second-order valence-electron chi connectivity index (χ2n) is 23.8. The molecule has 14 rings (SSSR count). The van der Waals surface area contributed by atoms with Gasteiger partial charge in [-0.1, -0.05) is 44.9 Å². The first-order chi connectivity index (χ1) is 46.2. The van der Waals surface area contributed by atoms with Gasteiger partial charge in [0.25, 0.3) is 0 Å². The quantitative estimate of drug-likeness (QED) is 0.146. The molecule has 7 amide bonds. The van der Waals surface area contributed by atoms with Crippen molar-refractivity contribution in [2.45, 2.75) is 104 Å². The van der Waals surface area contributed by atoms with E-state index in [1.54, 1.807) is 28.7 Å². The van der Waals surface area contributed by atoms with Crippen molar-refractivity contribution in [3.05, 3.63) is 118 Å². The highest BCUT2D eigenvalue weighted by molar-refractivity contribution is 6.05. The number of hydrogen-bond acceptors (Lipinski definition) is 19. The van der Waals surface area contributed by atoms with Crippen molar-refractivity contribution in [2.75, 3.05) is 86.3 Å². The van der Waals surface area contributed by atoms with Gasteiger partial charge in [-0.25, -0.2) is 44.2 Å². The smallest absolute Gasteiger partial charge is 0.412 e. The molecule has 6 saturated heterocycles. The summed E-state index contributed by atoms with van der Waals surface area (Å²) in [7, 11) is 3.01. The summed E-state index contributed by atoms with van der Waals surface area (Å²) in [5, 5.41) is 17.5. The monoisotopic (exact) mass is 1290 g/mol. The molecule has 0 radical (unpaired) electrons. The standard InChI is InChI=1S/C19H22N4O2.C18H20N4O3.C16H18N4O3.C16H17N3O3/c1-14-6-5-7-15(20-14)8-9-17-16-10-13-23(18(16)25-21-17)19(24)22-11-3-2-4-12-22;1-13-3-2-4-14(19-13)5-6-16-15-7-8-22(17(15)25-20-16)18(23)21-9-11-24-12-10-21;1-11-5-4-6-12(17-11)7-8-14-13-9-10-20(15(13)23-18-14)16(21)19(2)22-3;1-3-21-16(20)19-10-9-13-14(18-22-15(13)19)8-7-12-6-4-5-11(2)17-12/h5-7,16,18H,2-4,10-13H2,1H3;2-4,15,17H,7-12H2,1H3;4-6,13,15H,9-10H2,1-3H3;4-6,13,15H,3,9-10H2,1-2H3. The minimum Gasteiger partial charge on any atom is -0.450 e. The van der Waals surface area contributed by atoms with Crippen LogP contribution in [0.1, 0.15) is 97.4 Å². The zero-order valence-corrected chi connectivity index (χ0v) is 54.5. The molecule has 4 aromatic heterocycles. The van der Waals surface area contributed by atoms with Gasteiger partial charge in [0.05, 0.1) is 50.6 Å². The Labute approximate surface area is 552 Å². The van der Waals surface area contributed by atoms with Crippen LogP contribution in [0.4, 0.5) is 19.2 Å². The number of aromatic nitrogens is 4. The molecule has 0 aromatic carbocycles. The van der Waals surface area contributed by atoms with Crippen LogP contribution in [-0.4, -0.2) is 213 Å². The van der Waals surface area contributed by atoms with Crippen LogP contribution in [-0.2, 0) is 33.7 Å². The number of rotatable bonds is 2. The van der Waals surface area contributed by atoms with Gasteiger partial charge in [-0.2, -0.15) is 0 Å². The van der Waals surface area contributed by atoms with Gasteiger partial charge < -0.3 is 38.6 Å². The van der Waals surface area contributed by atoms with Crippen molar-refractivity contribution < 1.29 is 52.8 Å². The van der Waals surface area contributed by atoms with E-state index in [2.05, 4.69) is 87.9 Å². The maximum absolute atomic E-state index is 12.7. The maximum Gasteiger partial charge on any atom is 0.412 e. The first-order valence-corrected chi connectivity index (χ1v) is 32.2. The van der Waals surface area contributed by atoms with Crippen LogP contribution in [0.2, 0.25) is 0 Å². The van der Waals surface area contributed by atoms with Gasteiger partial charge in [0.1, 0.15) is 45.6 Å². The van der Waals surface area contributed by atoms with Gasteiger partial charge in [0, 0.05) is 82.2 Å². The summed E-state index contributed by atoms with van der Waals surface area (Å²) in [5.74, 6) is 24.5. The molecule has 6 fully saturated rings. The molecular weight excluding hydrogens is 1210 g/mol. The molecule has 0 N–H and O–H groups in total. The third-order valence-corrected chi connectivity index (χ3v) is 17.3. The predicted molar refractivity (Wildman–Crippen MR) is 348 cm³/mol. The topological polar surface area (TPSA) is 257 Å². The van der Waals surface area contributed by atoms with E-state index in [-0.39, 0.29) is 60.3 Å². The van der Waals surface area contributed by atoms with E-state index < -0.39 is 12.5 Å². The van der Waals surface area contributed by atoms with Gasteiger partial charge in [0.2, 0.25) is 24.9 Å². The van der Waals surface area contributed by atoms with Crippen LogP contribution in [0.15, 0.2) is 93.4 Å². The van der Waals surface area contributed by atoms with E-state index in [0.717, 1.165) is 85.8 Å². The Kier molecular flexibility index (Phi) is 21.7. The van der Waals surface area contributed by atoms with Crippen molar-refractivity contribution in [3.63, 3.8) is 0 Å². The number of carbonyl (C=O) groups excluding carboxylic acids is 4. The largest absolute Gasteiger partial charge is 0.450 e. The summed E-state index contributed by atoms with van der Waals surface area (Å²) in [6, 6.07) is 22.7. The third kappa shape index (κ3) is 16.0. The fraction of sp³-hybridized carbons (Fsp3) is 0.478. The van der Waals surface area contributed by atoms with Gasteiger partial charge in [-0.15, -0.1) is 0 Å². The van der Waals surface area contributed by atoms with Crippen molar-refractivity contribution in [2.24, 2.45) is 44.3 Å². The van der Waals surface area contributed by atoms with E-state index >= 15 is 0 Å². The number of fused-ring (bicyclic) bond motifs is 4. The lowest BCUT2D eigenvalue weighted by Crippen LogP contribution is -2.50. The Morgan fingerprint density at radius 3 is 1.16 bits per heavy atom. The summed E-state index contributed by atoms with van der Waals surface area (Å²) < 4.78 is 10.3. The van der Waals surface area contributed by atoms with Crippen LogP contribution in [0, 0.1) is 98.7 Å². The Balaban J connectivity index is 0.000000129. The summed E-state index contributed by atoms with van der Waals surface area (Å²) in [4.78, 5) is 104. The number of hydrogen-bond donors (Lipinski definition) is 0. The average Bonchev–Trinajstić information content (AvgIpc) is 1.78. The number of carbonyl (C=O) groups is 4. The fourth-order valence-electron chi connectivity index (χ4n) is 12.3. The summed E-state index contributed by atoms with van der Waals surface area (Å²) in [6.45, 7) is 16.5. The molecule has 8 atom stereocenters. The Hall–Kier alpha value is -10.3.